The Kier molecular flexibility index (Phi) is 5.45. The zero-order chi connectivity index (χ0) is 20.1. The van der Waals surface area contributed by atoms with Crippen molar-refractivity contribution in [3.63, 3.8) is 0 Å². The fourth-order valence-electron chi connectivity index (χ4n) is 2.80. The second-order valence-corrected chi connectivity index (χ2v) is 7.23. The first-order chi connectivity index (χ1) is 14.2. The van der Waals surface area contributed by atoms with E-state index in [4.69, 9.17) is 10.00 Å². The van der Waals surface area contributed by atoms with Gasteiger partial charge >= 0.3 is 0 Å². The molecular weight excluding hydrogens is 382 g/mol. The molecule has 0 aliphatic heterocycles. The van der Waals surface area contributed by atoms with Crippen LogP contribution in [-0.2, 0) is 0 Å². The van der Waals surface area contributed by atoms with Crippen molar-refractivity contribution < 1.29 is 4.74 Å². The average Bonchev–Trinajstić information content (AvgIpc) is 3.22. The molecule has 29 heavy (non-hydrogen) atoms. The Morgan fingerprint density at radius 3 is 2.69 bits per heavy atom. The van der Waals surface area contributed by atoms with Gasteiger partial charge in [-0.1, -0.05) is 30.3 Å². The van der Waals surface area contributed by atoms with Gasteiger partial charge in [0.1, 0.15) is 23.0 Å². The Morgan fingerprint density at radius 1 is 1.14 bits per heavy atom. The normalized spacial score (nSPS) is 11.2. The number of rotatable bonds is 6. The SMILES string of the molecule is C/C(=N/Nc1ncnc2sc(-c3ccccc3)cc12)c1ccc(OCC#N)cc1. The smallest absolute Gasteiger partial charge is 0.174 e. The van der Waals surface area contributed by atoms with E-state index in [0.29, 0.717) is 11.6 Å². The average molecular weight is 399 g/mol. The predicted molar refractivity (Wildman–Crippen MR) is 116 cm³/mol. The van der Waals surface area contributed by atoms with Crippen LogP contribution in [0.15, 0.2) is 72.1 Å². The number of thiophene rings is 1. The van der Waals surface area contributed by atoms with Crippen molar-refractivity contribution in [2.24, 2.45) is 5.10 Å². The highest BCUT2D eigenvalue weighted by molar-refractivity contribution is 7.21. The minimum Gasteiger partial charge on any atom is -0.479 e. The molecule has 0 aliphatic rings. The molecule has 0 atom stereocenters. The number of hydrazone groups is 1. The number of aromatic nitrogens is 2. The minimum atomic E-state index is 0.0310. The van der Waals surface area contributed by atoms with Crippen molar-refractivity contribution in [3.05, 3.63) is 72.6 Å². The molecule has 0 radical (unpaired) electrons. The number of hydrogen-bond donors (Lipinski definition) is 1. The van der Waals surface area contributed by atoms with Crippen LogP contribution < -0.4 is 10.2 Å². The van der Waals surface area contributed by atoms with Gasteiger partial charge in [-0.2, -0.15) is 10.4 Å². The summed E-state index contributed by atoms with van der Waals surface area (Å²) in [4.78, 5) is 10.8. The fourth-order valence-corrected chi connectivity index (χ4v) is 3.80. The van der Waals surface area contributed by atoms with Crippen molar-refractivity contribution >= 4 is 33.1 Å². The van der Waals surface area contributed by atoms with Gasteiger partial charge in [0, 0.05) is 4.88 Å². The van der Waals surface area contributed by atoms with Crippen LogP contribution in [0.5, 0.6) is 5.75 Å². The number of fused-ring (bicyclic) bond motifs is 1. The van der Waals surface area contributed by atoms with E-state index in [-0.39, 0.29) is 6.61 Å². The maximum absolute atomic E-state index is 8.58. The van der Waals surface area contributed by atoms with E-state index in [9.17, 15) is 0 Å². The summed E-state index contributed by atoms with van der Waals surface area (Å²) in [6.45, 7) is 1.95. The topological polar surface area (TPSA) is 83.2 Å². The van der Waals surface area contributed by atoms with Crippen LogP contribution in [-0.4, -0.2) is 22.3 Å². The zero-order valence-electron chi connectivity index (χ0n) is 15.7. The molecule has 0 saturated heterocycles. The first-order valence-electron chi connectivity index (χ1n) is 8.95. The Labute approximate surface area is 172 Å². The van der Waals surface area contributed by atoms with Crippen LogP contribution in [0, 0.1) is 11.3 Å². The van der Waals surface area contributed by atoms with Crippen molar-refractivity contribution in [2.45, 2.75) is 6.92 Å². The molecule has 2 aromatic carbocycles. The van der Waals surface area contributed by atoms with Crippen molar-refractivity contribution in [3.8, 4) is 22.3 Å². The highest BCUT2D eigenvalue weighted by Gasteiger charge is 2.10. The third kappa shape index (κ3) is 4.23. The number of anilines is 1. The number of nitrogens with one attached hydrogen (secondary N) is 1. The van der Waals surface area contributed by atoms with E-state index in [2.05, 4.69) is 38.7 Å². The summed E-state index contributed by atoms with van der Waals surface area (Å²) >= 11 is 1.63. The third-order valence-corrected chi connectivity index (χ3v) is 5.38. The van der Waals surface area contributed by atoms with Crippen LogP contribution >= 0.6 is 11.3 Å². The van der Waals surface area contributed by atoms with Gasteiger partial charge in [-0.3, -0.25) is 5.43 Å². The summed E-state index contributed by atoms with van der Waals surface area (Å²) in [5, 5.41) is 14.0. The van der Waals surface area contributed by atoms with Gasteiger partial charge in [0.2, 0.25) is 0 Å². The molecule has 2 heterocycles. The molecular formula is C22H17N5OS. The van der Waals surface area contributed by atoms with Crippen molar-refractivity contribution in [1.29, 1.82) is 5.26 Å². The Hall–Kier alpha value is -3.76. The molecule has 142 valence electrons. The lowest BCUT2D eigenvalue weighted by Crippen LogP contribution is -2.01. The van der Waals surface area contributed by atoms with Crippen LogP contribution in [0.3, 0.4) is 0 Å². The Bertz CT molecular complexity index is 1190. The van der Waals surface area contributed by atoms with Crippen LogP contribution in [0.4, 0.5) is 5.82 Å². The molecule has 4 rings (SSSR count). The summed E-state index contributed by atoms with van der Waals surface area (Å²) in [6, 6.07) is 21.7. The maximum Gasteiger partial charge on any atom is 0.174 e. The second kappa shape index (κ2) is 8.50. The molecule has 1 N–H and O–H groups in total. The van der Waals surface area contributed by atoms with Gasteiger partial charge in [0.05, 0.1) is 11.1 Å². The molecule has 0 spiro atoms. The molecule has 4 aromatic rings. The molecule has 2 aromatic heterocycles. The van der Waals surface area contributed by atoms with Gasteiger partial charge in [-0.05, 0) is 48.4 Å². The fraction of sp³-hybridized carbons (Fsp3) is 0.0909. The Balaban J connectivity index is 1.56. The summed E-state index contributed by atoms with van der Waals surface area (Å²) in [5.41, 5.74) is 5.98. The molecule has 0 saturated carbocycles. The van der Waals surface area contributed by atoms with Crippen molar-refractivity contribution in [1.82, 2.24) is 9.97 Å². The first kappa shape index (κ1) is 18.6. The monoisotopic (exact) mass is 399 g/mol. The number of nitrogens with zero attached hydrogens (tertiary/aromatic N) is 4. The third-order valence-electron chi connectivity index (χ3n) is 4.29. The molecule has 7 heteroatoms. The van der Waals surface area contributed by atoms with E-state index < -0.39 is 0 Å². The predicted octanol–water partition coefficient (Wildman–Crippen LogP) is 5.10. The van der Waals surface area contributed by atoms with E-state index in [1.807, 2.05) is 55.5 Å². The van der Waals surface area contributed by atoms with E-state index in [1.54, 1.807) is 17.7 Å². The standard InChI is InChI=1S/C22H17N5OS/c1-15(16-7-9-18(10-8-16)28-12-11-23)26-27-21-19-13-20(17-5-3-2-4-6-17)29-22(19)25-14-24-21/h2-10,13-14H,12H2,1H3,(H,24,25,27)/b26-15-. The van der Waals surface area contributed by atoms with E-state index in [1.165, 1.54) is 0 Å². The molecule has 0 aliphatic carbocycles. The van der Waals surface area contributed by atoms with Crippen LogP contribution in [0.2, 0.25) is 0 Å². The van der Waals surface area contributed by atoms with Crippen molar-refractivity contribution in [2.75, 3.05) is 12.0 Å². The first-order valence-corrected chi connectivity index (χ1v) is 9.76. The number of benzene rings is 2. The molecule has 6 nitrogen and oxygen atoms in total. The van der Waals surface area contributed by atoms with Gasteiger partial charge in [-0.25, -0.2) is 9.97 Å². The summed E-state index contributed by atoms with van der Waals surface area (Å²) in [7, 11) is 0. The molecule has 0 amide bonds. The maximum atomic E-state index is 8.58. The van der Waals surface area contributed by atoms with Gasteiger partial charge in [-0.15, -0.1) is 11.3 Å². The largest absolute Gasteiger partial charge is 0.479 e. The quantitative estimate of drug-likeness (QED) is 0.360. The highest BCUT2D eigenvalue weighted by atomic mass is 32.1. The second-order valence-electron chi connectivity index (χ2n) is 6.20. The van der Waals surface area contributed by atoms with E-state index >= 15 is 0 Å². The minimum absolute atomic E-state index is 0.0310. The molecule has 0 bridgehead atoms. The lowest BCUT2D eigenvalue weighted by atomic mass is 10.1. The van der Waals surface area contributed by atoms with Gasteiger partial charge < -0.3 is 4.74 Å². The number of nitriles is 1. The summed E-state index contributed by atoms with van der Waals surface area (Å²) in [5.74, 6) is 1.32. The molecule has 0 fully saturated rings. The lowest BCUT2D eigenvalue weighted by molar-refractivity contribution is 0.368. The zero-order valence-corrected chi connectivity index (χ0v) is 16.5. The number of hydrogen-bond acceptors (Lipinski definition) is 7. The lowest BCUT2D eigenvalue weighted by Gasteiger charge is -2.05. The Morgan fingerprint density at radius 2 is 1.93 bits per heavy atom. The molecule has 0 unspecified atom stereocenters. The van der Waals surface area contributed by atoms with Crippen LogP contribution in [0.25, 0.3) is 20.7 Å². The van der Waals surface area contributed by atoms with E-state index in [0.717, 1.165) is 31.9 Å². The van der Waals surface area contributed by atoms with Crippen LogP contribution in [0.1, 0.15) is 12.5 Å². The highest BCUT2D eigenvalue weighted by Crippen LogP contribution is 2.34. The summed E-state index contributed by atoms with van der Waals surface area (Å²) < 4.78 is 5.27. The van der Waals surface area contributed by atoms with Gasteiger partial charge in [0.25, 0.3) is 0 Å². The van der Waals surface area contributed by atoms with Gasteiger partial charge in [0.15, 0.2) is 12.4 Å². The number of ether oxygens (including phenoxy) is 1. The summed E-state index contributed by atoms with van der Waals surface area (Å²) in [6.07, 6.45) is 1.54.